The van der Waals surface area contributed by atoms with Crippen LogP contribution in [-0.2, 0) is 20.7 Å². The molecule has 2 heterocycles. The van der Waals surface area contributed by atoms with E-state index in [9.17, 15) is 19.6 Å². The van der Waals surface area contributed by atoms with Gasteiger partial charge >= 0.3 is 11.9 Å². The molecule has 0 N–H and O–H groups in total. The predicted molar refractivity (Wildman–Crippen MR) is 144 cm³/mol. The van der Waals surface area contributed by atoms with Crippen molar-refractivity contribution in [2.24, 2.45) is 0 Å². The van der Waals surface area contributed by atoms with Gasteiger partial charge < -0.3 is 14.0 Å². The van der Waals surface area contributed by atoms with Crippen LogP contribution in [0, 0.1) is 32.1 Å². The lowest BCUT2D eigenvalue weighted by molar-refractivity contribution is -0.114. The summed E-state index contributed by atoms with van der Waals surface area (Å²) < 4.78 is 12.3. The van der Waals surface area contributed by atoms with Crippen LogP contribution >= 0.6 is 22.9 Å². The molecule has 0 fully saturated rings. The monoisotopic (exact) mass is 538 g/mol. The second kappa shape index (κ2) is 12.0. The van der Waals surface area contributed by atoms with Gasteiger partial charge in [-0.05, 0) is 82.2 Å². The van der Waals surface area contributed by atoms with Gasteiger partial charge in [0.1, 0.15) is 10.9 Å². The van der Waals surface area contributed by atoms with Crippen LogP contribution < -0.4 is 0 Å². The lowest BCUT2D eigenvalue weighted by Gasteiger charge is -2.09. The Hall–Kier alpha value is -3.67. The number of carbonyl (C=O) groups is 3. The summed E-state index contributed by atoms with van der Waals surface area (Å²) in [5, 5.41) is 10.4. The van der Waals surface area contributed by atoms with Crippen molar-refractivity contribution in [2.75, 3.05) is 13.2 Å². The Morgan fingerprint density at radius 2 is 1.68 bits per heavy atom. The molecule has 0 saturated carbocycles. The SMILES string of the molecule is CCOC(=O)c1sc(CC(=O)/C(C#N)=C/c2cc(C)n(-c3ccc(Cl)cc3)c2C)c(C(=O)OCC)c1C. The molecule has 0 aliphatic carbocycles. The summed E-state index contributed by atoms with van der Waals surface area (Å²) in [5.74, 6) is -1.66. The van der Waals surface area contributed by atoms with Crippen molar-refractivity contribution in [3.63, 3.8) is 0 Å². The van der Waals surface area contributed by atoms with Gasteiger partial charge in [0.05, 0.1) is 24.4 Å². The number of ketones is 1. The number of hydrogen-bond donors (Lipinski definition) is 0. The summed E-state index contributed by atoms with van der Waals surface area (Å²) in [5.41, 5.74) is 3.91. The highest BCUT2D eigenvalue weighted by Crippen LogP contribution is 2.31. The molecular formula is C28H27ClN2O5S. The molecule has 3 aromatic rings. The van der Waals surface area contributed by atoms with Gasteiger partial charge in [0, 0.05) is 33.4 Å². The number of thiophene rings is 1. The van der Waals surface area contributed by atoms with Crippen molar-refractivity contribution in [1.29, 1.82) is 5.26 Å². The van der Waals surface area contributed by atoms with Crippen LogP contribution in [0.2, 0.25) is 5.02 Å². The van der Waals surface area contributed by atoms with E-state index in [1.54, 1.807) is 39.0 Å². The molecule has 0 amide bonds. The van der Waals surface area contributed by atoms with Crippen molar-refractivity contribution in [1.82, 2.24) is 4.57 Å². The largest absolute Gasteiger partial charge is 0.462 e. The maximum Gasteiger partial charge on any atom is 0.348 e. The maximum absolute atomic E-state index is 13.2. The van der Waals surface area contributed by atoms with Crippen LogP contribution in [0.15, 0.2) is 35.9 Å². The van der Waals surface area contributed by atoms with Gasteiger partial charge in [-0.3, -0.25) is 4.79 Å². The molecule has 9 heteroatoms. The van der Waals surface area contributed by atoms with Crippen LogP contribution in [-0.4, -0.2) is 35.5 Å². The molecule has 0 bridgehead atoms. The number of rotatable bonds is 9. The third-order valence-electron chi connectivity index (χ3n) is 5.76. The number of allylic oxidation sites excluding steroid dienone is 1. The maximum atomic E-state index is 13.2. The molecule has 0 unspecified atom stereocenters. The number of ether oxygens (including phenoxy) is 2. The molecule has 1 aromatic carbocycles. The van der Waals surface area contributed by atoms with Crippen molar-refractivity contribution in [3.05, 3.63) is 78.8 Å². The summed E-state index contributed by atoms with van der Waals surface area (Å²) in [4.78, 5) is 38.9. The number of nitrogens with zero attached hydrogens (tertiary/aromatic N) is 2. The normalized spacial score (nSPS) is 11.2. The van der Waals surface area contributed by atoms with Crippen molar-refractivity contribution in [3.8, 4) is 11.8 Å². The molecule has 0 spiro atoms. The minimum atomic E-state index is -0.622. The van der Waals surface area contributed by atoms with E-state index in [0.29, 0.717) is 15.5 Å². The Balaban J connectivity index is 1.98. The van der Waals surface area contributed by atoms with Crippen molar-refractivity contribution < 1.29 is 23.9 Å². The fourth-order valence-electron chi connectivity index (χ4n) is 4.05. The summed E-state index contributed by atoms with van der Waals surface area (Å²) >= 11 is 7.03. The summed E-state index contributed by atoms with van der Waals surface area (Å²) in [7, 11) is 0. The first-order chi connectivity index (χ1) is 17.6. The number of Topliss-reactive ketones (excluding diaryl/α,β-unsaturated/α-hetero) is 1. The Kier molecular flexibility index (Phi) is 9.09. The molecule has 2 aromatic heterocycles. The molecule has 3 rings (SSSR count). The van der Waals surface area contributed by atoms with Crippen LogP contribution in [0.4, 0.5) is 0 Å². The fourth-order valence-corrected chi connectivity index (χ4v) is 5.36. The van der Waals surface area contributed by atoms with Gasteiger partial charge in [0.15, 0.2) is 5.78 Å². The van der Waals surface area contributed by atoms with E-state index in [-0.39, 0.29) is 35.6 Å². The zero-order valence-electron chi connectivity index (χ0n) is 21.3. The standard InChI is InChI=1S/C28H27ClN2O5S/c1-6-35-27(33)25-17(4)26(28(34)36-7-2)37-24(25)14-23(32)20(15-30)13-19-12-16(3)31(18(19)5)22-10-8-21(29)9-11-22/h8-13H,6-7,14H2,1-5H3/b20-13+. The number of aryl methyl sites for hydroxylation is 1. The van der Waals surface area contributed by atoms with Gasteiger partial charge in [-0.2, -0.15) is 5.26 Å². The van der Waals surface area contributed by atoms with E-state index < -0.39 is 17.7 Å². The van der Waals surface area contributed by atoms with E-state index in [1.165, 1.54) is 0 Å². The van der Waals surface area contributed by atoms with Crippen molar-refractivity contribution in [2.45, 2.75) is 41.0 Å². The Morgan fingerprint density at radius 1 is 1.05 bits per heavy atom. The van der Waals surface area contributed by atoms with E-state index in [0.717, 1.165) is 34.0 Å². The highest BCUT2D eigenvalue weighted by molar-refractivity contribution is 7.14. The summed E-state index contributed by atoms with van der Waals surface area (Å²) in [6.45, 7) is 9.14. The smallest absolute Gasteiger partial charge is 0.348 e. The highest BCUT2D eigenvalue weighted by atomic mass is 35.5. The first-order valence-corrected chi connectivity index (χ1v) is 12.9. The fraction of sp³-hybridized carbons (Fsp3) is 0.286. The number of halogens is 1. The van der Waals surface area contributed by atoms with Gasteiger partial charge in [-0.1, -0.05) is 11.6 Å². The Bertz CT molecular complexity index is 1420. The summed E-state index contributed by atoms with van der Waals surface area (Å²) in [6.07, 6.45) is 1.32. The molecule has 0 saturated heterocycles. The number of nitriles is 1. The molecule has 0 aliphatic heterocycles. The molecule has 37 heavy (non-hydrogen) atoms. The minimum Gasteiger partial charge on any atom is -0.462 e. The first-order valence-electron chi connectivity index (χ1n) is 11.7. The third-order valence-corrected chi connectivity index (χ3v) is 7.28. The molecule has 0 aliphatic rings. The second-order valence-electron chi connectivity index (χ2n) is 8.20. The molecule has 0 atom stereocenters. The first kappa shape index (κ1) is 27.9. The topological polar surface area (TPSA) is 98.4 Å². The quantitative estimate of drug-likeness (QED) is 0.183. The summed E-state index contributed by atoms with van der Waals surface area (Å²) in [6, 6.07) is 11.3. The Morgan fingerprint density at radius 3 is 2.27 bits per heavy atom. The van der Waals surface area contributed by atoms with Crippen LogP contribution in [0.25, 0.3) is 11.8 Å². The Labute approximate surface area is 224 Å². The molecule has 192 valence electrons. The molecular weight excluding hydrogens is 512 g/mol. The van der Waals surface area contributed by atoms with E-state index >= 15 is 0 Å². The number of carbonyl (C=O) groups excluding carboxylic acids is 3. The van der Waals surface area contributed by atoms with Crippen LogP contribution in [0.3, 0.4) is 0 Å². The second-order valence-corrected chi connectivity index (χ2v) is 9.74. The zero-order chi connectivity index (χ0) is 27.3. The van der Waals surface area contributed by atoms with Gasteiger partial charge in [-0.15, -0.1) is 11.3 Å². The number of benzene rings is 1. The third kappa shape index (κ3) is 6.01. The molecule has 7 nitrogen and oxygen atoms in total. The lowest BCUT2D eigenvalue weighted by atomic mass is 10.0. The number of hydrogen-bond acceptors (Lipinski definition) is 7. The van der Waals surface area contributed by atoms with Crippen molar-refractivity contribution >= 4 is 46.7 Å². The number of aromatic nitrogens is 1. The average Bonchev–Trinajstić information content (AvgIpc) is 3.33. The number of esters is 2. The van der Waals surface area contributed by atoms with E-state index in [1.807, 2.05) is 42.7 Å². The van der Waals surface area contributed by atoms with Crippen LogP contribution in [0.1, 0.15) is 61.3 Å². The van der Waals surface area contributed by atoms with Gasteiger partial charge in [0.2, 0.25) is 0 Å². The minimum absolute atomic E-state index is 0.0603. The van der Waals surface area contributed by atoms with E-state index in [2.05, 4.69) is 0 Å². The average molecular weight is 539 g/mol. The van der Waals surface area contributed by atoms with Gasteiger partial charge in [-0.25, -0.2) is 9.59 Å². The predicted octanol–water partition coefficient (Wildman–Crippen LogP) is 6.19. The zero-order valence-corrected chi connectivity index (χ0v) is 22.9. The molecule has 0 radical (unpaired) electrons. The lowest BCUT2D eigenvalue weighted by Crippen LogP contribution is -2.12. The van der Waals surface area contributed by atoms with Crippen LogP contribution in [0.5, 0.6) is 0 Å². The highest BCUT2D eigenvalue weighted by Gasteiger charge is 2.28. The van der Waals surface area contributed by atoms with Gasteiger partial charge in [0.25, 0.3) is 0 Å². The van der Waals surface area contributed by atoms with E-state index in [4.69, 9.17) is 21.1 Å².